The van der Waals surface area contributed by atoms with Gasteiger partial charge >= 0.3 is 6.03 Å². The number of unbranched alkanes of at least 4 members (excludes halogenated alkanes) is 13. The van der Waals surface area contributed by atoms with Gasteiger partial charge in [-0.05, 0) is 31.1 Å². The van der Waals surface area contributed by atoms with Gasteiger partial charge in [0.25, 0.3) is 0 Å². The first-order valence-corrected chi connectivity index (χ1v) is 12.2. The number of nitrogens with one attached hydrogen (secondary N) is 2. The van der Waals surface area contributed by atoms with Crippen LogP contribution < -0.4 is 10.6 Å². The quantitative estimate of drug-likeness (QED) is 0.260. The molecule has 3 aliphatic rings. The number of carbonyl (C=O) groups is 1. The third-order valence-corrected chi connectivity index (χ3v) is 7.08. The molecule has 158 valence electrons. The molecule has 3 fully saturated rings. The fraction of sp³-hybridized carbons (Fsp3) is 0.958. The van der Waals surface area contributed by atoms with E-state index in [9.17, 15) is 4.79 Å². The van der Waals surface area contributed by atoms with E-state index >= 15 is 0 Å². The van der Waals surface area contributed by atoms with E-state index in [1.807, 2.05) is 0 Å². The van der Waals surface area contributed by atoms with Gasteiger partial charge in [0.15, 0.2) is 0 Å². The van der Waals surface area contributed by atoms with E-state index in [1.54, 1.807) is 0 Å². The molecule has 0 aromatic heterocycles. The summed E-state index contributed by atoms with van der Waals surface area (Å²) in [6.07, 6.45) is 24.2. The molecule has 2 amide bonds. The van der Waals surface area contributed by atoms with Gasteiger partial charge in [-0.25, -0.2) is 4.79 Å². The highest BCUT2D eigenvalue weighted by molar-refractivity contribution is 5.75. The Balaban J connectivity index is 1.27. The second-order valence-electron chi connectivity index (χ2n) is 9.64. The van der Waals surface area contributed by atoms with Gasteiger partial charge in [-0.15, -0.1) is 0 Å². The van der Waals surface area contributed by atoms with Crippen molar-refractivity contribution in [3.63, 3.8) is 0 Å². The molecule has 3 aliphatic carbocycles. The second kappa shape index (κ2) is 12.0. The van der Waals surface area contributed by atoms with Crippen LogP contribution in [0.3, 0.4) is 0 Å². The number of carbonyl (C=O) groups excluding carboxylic acids is 1. The first-order chi connectivity index (χ1) is 13.1. The van der Waals surface area contributed by atoms with Crippen LogP contribution in [0.4, 0.5) is 4.79 Å². The summed E-state index contributed by atoms with van der Waals surface area (Å²) in [5.74, 6) is 0. The molecular weight excluding hydrogens is 332 g/mol. The van der Waals surface area contributed by atoms with Gasteiger partial charge in [0.2, 0.25) is 0 Å². The third kappa shape index (κ3) is 7.66. The second-order valence-corrected chi connectivity index (χ2v) is 9.64. The predicted molar refractivity (Wildman–Crippen MR) is 116 cm³/mol. The van der Waals surface area contributed by atoms with Crippen LogP contribution in [0.25, 0.3) is 0 Å². The van der Waals surface area contributed by atoms with Crippen LogP contribution in [-0.4, -0.2) is 18.1 Å². The lowest BCUT2D eigenvalue weighted by molar-refractivity contribution is -0.148. The summed E-state index contributed by atoms with van der Waals surface area (Å²) in [6, 6.07) is 0.0640. The molecule has 0 aliphatic heterocycles. The van der Waals surface area contributed by atoms with E-state index in [2.05, 4.69) is 24.5 Å². The van der Waals surface area contributed by atoms with Crippen LogP contribution in [0.5, 0.6) is 0 Å². The summed E-state index contributed by atoms with van der Waals surface area (Å²) in [4.78, 5) is 12.0. The van der Waals surface area contributed by atoms with Gasteiger partial charge in [0, 0.05) is 12.1 Å². The van der Waals surface area contributed by atoms with Gasteiger partial charge in [0.05, 0.1) is 0 Å². The molecule has 3 rings (SSSR count). The Morgan fingerprint density at radius 3 is 1.59 bits per heavy atom. The van der Waals surface area contributed by atoms with Crippen LogP contribution in [0.1, 0.15) is 129 Å². The minimum Gasteiger partial charge on any atom is -0.338 e. The molecule has 0 aromatic rings. The number of rotatable bonds is 17. The third-order valence-electron chi connectivity index (χ3n) is 7.08. The zero-order chi connectivity index (χ0) is 19.4. The van der Waals surface area contributed by atoms with E-state index in [-0.39, 0.29) is 11.6 Å². The standard InChI is InChI=1S/C24H46N2O/c1-3-5-6-7-8-9-10-11-12-13-14-15-16-17-18-25-22(27)26-24-19-23(4-2,20-24)21-24/h3-21H2,1-2H3,(H2,25,26,27). The van der Waals surface area contributed by atoms with Crippen molar-refractivity contribution in [2.45, 2.75) is 135 Å². The van der Waals surface area contributed by atoms with Gasteiger partial charge in [-0.2, -0.15) is 0 Å². The molecule has 3 nitrogen and oxygen atoms in total. The van der Waals surface area contributed by atoms with Crippen molar-refractivity contribution in [1.29, 1.82) is 0 Å². The van der Waals surface area contributed by atoms with Crippen molar-refractivity contribution in [2.75, 3.05) is 6.54 Å². The lowest BCUT2D eigenvalue weighted by Crippen LogP contribution is -2.75. The van der Waals surface area contributed by atoms with E-state index in [1.165, 1.54) is 109 Å². The molecule has 0 saturated heterocycles. The topological polar surface area (TPSA) is 41.1 Å². The first kappa shape index (κ1) is 22.6. The van der Waals surface area contributed by atoms with Crippen LogP contribution in [0.2, 0.25) is 0 Å². The van der Waals surface area contributed by atoms with Gasteiger partial charge in [0.1, 0.15) is 0 Å². The minimum absolute atomic E-state index is 0.0640. The largest absolute Gasteiger partial charge is 0.338 e. The molecule has 0 aromatic carbocycles. The highest BCUT2D eigenvalue weighted by Crippen LogP contribution is 2.68. The fourth-order valence-corrected chi connectivity index (χ4v) is 5.31. The molecule has 0 atom stereocenters. The van der Waals surface area contributed by atoms with E-state index < -0.39 is 0 Å². The number of amides is 2. The monoisotopic (exact) mass is 378 g/mol. The van der Waals surface area contributed by atoms with Crippen molar-refractivity contribution in [3.05, 3.63) is 0 Å². The highest BCUT2D eigenvalue weighted by Gasteiger charge is 2.67. The Morgan fingerprint density at radius 2 is 1.15 bits per heavy atom. The molecule has 0 unspecified atom stereocenters. The van der Waals surface area contributed by atoms with Crippen molar-refractivity contribution >= 4 is 6.03 Å². The molecule has 3 heteroatoms. The number of hydrogen-bond acceptors (Lipinski definition) is 1. The Bertz CT molecular complexity index is 401. The van der Waals surface area contributed by atoms with E-state index in [4.69, 9.17) is 0 Å². The molecule has 27 heavy (non-hydrogen) atoms. The molecule has 0 radical (unpaired) electrons. The van der Waals surface area contributed by atoms with Crippen molar-refractivity contribution in [2.24, 2.45) is 5.41 Å². The maximum atomic E-state index is 12.0. The van der Waals surface area contributed by atoms with Crippen molar-refractivity contribution in [1.82, 2.24) is 10.6 Å². The Hall–Kier alpha value is -0.730. The van der Waals surface area contributed by atoms with E-state index in [0.29, 0.717) is 5.41 Å². The van der Waals surface area contributed by atoms with Crippen LogP contribution in [-0.2, 0) is 0 Å². The summed E-state index contributed by atoms with van der Waals surface area (Å²) in [5.41, 5.74) is 0.775. The predicted octanol–water partition coefficient (Wildman–Crippen LogP) is 7.10. The zero-order valence-electron chi connectivity index (χ0n) is 18.3. The molecule has 3 saturated carbocycles. The SMILES string of the molecule is CCCCCCCCCCCCCCCCNC(=O)NC12CC(CC)(C1)C2. The molecule has 0 heterocycles. The van der Waals surface area contributed by atoms with Crippen LogP contribution in [0.15, 0.2) is 0 Å². The number of hydrogen-bond donors (Lipinski definition) is 2. The Morgan fingerprint density at radius 1 is 0.704 bits per heavy atom. The minimum atomic E-state index is 0.0640. The smallest absolute Gasteiger partial charge is 0.315 e. The average molecular weight is 379 g/mol. The highest BCUT2D eigenvalue weighted by atomic mass is 16.2. The lowest BCUT2D eigenvalue weighted by Gasteiger charge is -2.70. The Kier molecular flexibility index (Phi) is 10.00. The maximum Gasteiger partial charge on any atom is 0.315 e. The molecule has 2 N–H and O–H groups in total. The van der Waals surface area contributed by atoms with Gasteiger partial charge in [-0.1, -0.05) is 104 Å². The Labute approximate surface area is 168 Å². The average Bonchev–Trinajstić information content (AvgIpc) is 2.60. The zero-order valence-corrected chi connectivity index (χ0v) is 18.3. The maximum absolute atomic E-state index is 12.0. The molecular formula is C24H46N2O. The summed E-state index contributed by atoms with van der Waals surface area (Å²) in [6.45, 7) is 5.39. The summed E-state index contributed by atoms with van der Waals surface area (Å²) in [5, 5.41) is 6.27. The van der Waals surface area contributed by atoms with Gasteiger partial charge in [-0.3, -0.25) is 0 Å². The van der Waals surface area contributed by atoms with E-state index in [0.717, 1.165) is 13.0 Å². The number of urea groups is 1. The lowest BCUT2D eigenvalue weighted by atomic mass is 9.38. The van der Waals surface area contributed by atoms with Crippen LogP contribution in [0, 0.1) is 5.41 Å². The van der Waals surface area contributed by atoms with Gasteiger partial charge < -0.3 is 10.6 Å². The normalized spacial score (nSPS) is 25.6. The summed E-state index contributed by atoms with van der Waals surface area (Å²) < 4.78 is 0. The summed E-state index contributed by atoms with van der Waals surface area (Å²) >= 11 is 0. The molecule has 0 spiro atoms. The van der Waals surface area contributed by atoms with Crippen molar-refractivity contribution in [3.8, 4) is 0 Å². The summed E-state index contributed by atoms with van der Waals surface area (Å²) in [7, 11) is 0. The van der Waals surface area contributed by atoms with Crippen molar-refractivity contribution < 1.29 is 4.79 Å². The molecule has 2 bridgehead atoms. The van der Waals surface area contributed by atoms with Crippen LogP contribution >= 0.6 is 0 Å². The first-order valence-electron chi connectivity index (χ1n) is 12.2. The fourth-order valence-electron chi connectivity index (χ4n) is 5.31.